The van der Waals surface area contributed by atoms with Crippen LogP contribution in [-0.4, -0.2) is 40.9 Å². The summed E-state index contributed by atoms with van der Waals surface area (Å²) in [6, 6.07) is 7.99. The van der Waals surface area contributed by atoms with Crippen LogP contribution in [0.3, 0.4) is 0 Å². The van der Waals surface area contributed by atoms with Crippen molar-refractivity contribution in [2.75, 3.05) is 20.1 Å². The maximum atomic E-state index is 6.11. The van der Waals surface area contributed by atoms with E-state index < -0.39 is 0 Å². The molecular formula is C18H27ClN6. The molecule has 7 heteroatoms. The summed E-state index contributed by atoms with van der Waals surface area (Å²) in [7, 11) is 1.78. The molecule has 0 fully saturated rings. The first-order valence-electron chi connectivity index (χ1n) is 8.53. The van der Waals surface area contributed by atoms with Crippen molar-refractivity contribution >= 4 is 17.6 Å². The summed E-state index contributed by atoms with van der Waals surface area (Å²) in [5.74, 6) is 1.77. The molecule has 0 unspecified atom stereocenters. The van der Waals surface area contributed by atoms with Gasteiger partial charge in [0, 0.05) is 43.5 Å². The van der Waals surface area contributed by atoms with Gasteiger partial charge in [0.1, 0.15) is 12.2 Å². The fourth-order valence-corrected chi connectivity index (χ4v) is 2.76. The van der Waals surface area contributed by atoms with Crippen molar-refractivity contribution < 1.29 is 0 Å². The SMILES string of the molecule is CCc1nncn1CCNC(=NC)NCC(C)(C)c1cccc(Cl)c1. The van der Waals surface area contributed by atoms with Crippen LogP contribution in [0.4, 0.5) is 0 Å². The highest BCUT2D eigenvalue weighted by molar-refractivity contribution is 6.30. The van der Waals surface area contributed by atoms with E-state index in [1.807, 2.05) is 18.2 Å². The van der Waals surface area contributed by atoms with Crippen LogP contribution < -0.4 is 10.6 Å². The Balaban J connectivity index is 1.85. The van der Waals surface area contributed by atoms with E-state index in [-0.39, 0.29) is 5.41 Å². The molecule has 1 aromatic carbocycles. The lowest BCUT2D eigenvalue weighted by Crippen LogP contribution is -2.44. The van der Waals surface area contributed by atoms with Gasteiger partial charge >= 0.3 is 0 Å². The van der Waals surface area contributed by atoms with Gasteiger partial charge in [-0.25, -0.2) is 0 Å². The quantitative estimate of drug-likeness (QED) is 0.587. The zero-order valence-corrected chi connectivity index (χ0v) is 16.1. The van der Waals surface area contributed by atoms with Gasteiger partial charge in [0.25, 0.3) is 0 Å². The Hall–Kier alpha value is -2.08. The van der Waals surface area contributed by atoms with Gasteiger partial charge in [-0.1, -0.05) is 44.5 Å². The van der Waals surface area contributed by atoms with E-state index in [2.05, 4.69) is 57.2 Å². The van der Waals surface area contributed by atoms with Gasteiger partial charge in [-0.2, -0.15) is 0 Å². The third-order valence-corrected chi connectivity index (χ3v) is 4.42. The second-order valence-electron chi connectivity index (χ2n) is 6.54. The van der Waals surface area contributed by atoms with Crippen LogP contribution in [0.15, 0.2) is 35.6 Å². The van der Waals surface area contributed by atoms with Gasteiger partial charge in [0.2, 0.25) is 0 Å². The molecule has 0 bridgehead atoms. The maximum Gasteiger partial charge on any atom is 0.191 e. The average Bonchev–Trinajstić information content (AvgIpc) is 3.05. The molecule has 6 nitrogen and oxygen atoms in total. The normalized spacial score (nSPS) is 12.3. The van der Waals surface area contributed by atoms with Crippen LogP contribution in [0.1, 0.15) is 32.2 Å². The Morgan fingerprint density at radius 1 is 1.32 bits per heavy atom. The number of hydrogen-bond donors (Lipinski definition) is 2. The lowest BCUT2D eigenvalue weighted by atomic mass is 9.84. The van der Waals surface area contributed by atoms with Crippen LogP contribution in [0.2, 0.25) is 5.02 Å². The van der Waals surface area contributed by atoms with Gasteiger partial charge in [0.15, 0.2) is 5.96 Å². The molecule has 0 aliphatic carbocycles. The number of halogens is 1. The average molecular weight is 363 g/mol. The Labute approximate surface area is 154 Å². The predicted molar refractivity (Wildman–Crippen MR) is 103 cm³/mol. The molecule has 0 amide bonds. The van der Waals surface area contributed by atoms with Crippen molar-refractivity contribution in [3.63, 3.8) is 0 Å². The number of nitrogens with one attached hydrogen (secondary N) is 2. The first-order chi connectivity index (χ1) is 12.0. The van der Waals surface area contributed by atoms with Crippen molar-refractivity contribution in [3.05, 3.63) is 47.0 Å². The third-order valence-electron chi connectivity index (χ3n) is 4.18. The molecular weight excluding hydrogens is 336 g/mol. The van der Waals surface area contributed by atoms with Crippen LogP contribution in [-0.2, 0) is 18.4 Å². The van der Waals surface area contributed by atoms with E-state index in [1.54, 1.807) is 13.4 Å². The number of aromatic nitrogens is 3. The van der Waals surface area contributed by atoms with E-state index in [0.29, 0.717) is 0 Å². The van der Waals surface area contributed by atoms with Crippen molar-refractivity contribution in [2.24, 2.45) is 4.99 Å². The van der Waals surface area contributed by atoms with Crippen LogP contribution in [0.5, 0.6) is 0 Å². The van der Waals surface area contributed by atoms with Gasteiger partial charge in [-0.15, -0.1) is 10.2 Å². The van der Waals surface area contributed by atoms with Crippen molar-refractivity contribution in [1.82, 2.24) is 25.4 Å². The van der Waals surface area contributed by atoms with E-state index >= 15 is 0 Å². The molecule has 1 aromatic heterocycles. The second kappa shape index (κ2) is 8.85. The number of rotatable bonds is 7. The molecule has 25 heavy (non-hydrogen) atoms. The van der Waals surface area contributed by atoms with Gasteiger partial charge in [-0.3, -0.25) is 4.99 Å². The molecule has 0 atom stereocenters. The van der Waals surface area contributed by atoms with E-state index in [9.17, 15) is 0 Å². The second-order valence-corrected chi connectivity index (χ2v) is 6.98. The molecule has 0 spiro atoms. The van der Waals surface area contributed by atoms with Crippen molar-refractivity contribution in [1.29, 1.82) is 0 Å². The molecule has 0 aliphatic rings. The van der Waals surface area contributed by atoms with E-state index in [1.165, 1.54) is 5.56 Å². The zero-order chi connectivity index (χ0) is 18.3. The summed E-state index contributed by atoms with van der Waals surface area (Å²) in [4.78, 5) is 4.29. The summed E-state index contributed by atoms with van der Waals surface area (Å²) in [6.45, 7) is 8.75. The molecule has 0 radical (unpaired) electrons. The summed E-state index contributed by atoms with van der Waals surface area (Å²) < 4.78 is 2.05. The molecule has 2 N–H and O–H groups in total. The van der Waals surface area contributed by atoms with Crippen molar-refractivity contribution in [3.8, 4) is 0 Å². The summed E-state index contributed by atoms with van der Waals surface area (Å²) in [5, 5.41) is 15.5. The smallest absolute Gasteiger partial charge is 0.191 e. The van der Waals surface area contributed by atoms with Crippen LogP contribution >= 0.6 is 11.6 Å². The number of aryl methyl sites for hydroxylation is 1. The fraction of sp³-hybridized carbons (Fsp3) is 0.500. The maximum absolute atomic E-state index is 6.11. The van der Waals surface area contributed by atoms with E-state index in [0.717, 1.165) is 42.9 Å². The predicted octanol–water partition coefficient (Wildman–Crippen LogP) is 2.64. The summed E-state index contributed by atoms with van der Waals surface area (Å²) >= 11 is 6.11. The lowest BCUT2D eigenvalue weighted by Gasteiger charge is -2.27. The minimum absolute atomic E-state index is 0.0633. The van der Waals surface area contributed by atoms with Gasteiger partial charge in [-0.05, 0) is 17.7 Å². The standard InChI is InChI=1S/C18H27ClN6/c1-5-16-24-23-13-25(16)10-9-21-17(20-4)22-12-18(2,3)14-7-6-8-15(19)11-14/h6-8,11,13H,5,9-10,12H2,1-4H3,(H2,20,21,22). The van der Waals surface area contributed by atoms with Crippen LogP contribution in [0, 0.1) is 0 Å². The minimum Gasteiger partial charge on any atom is -0.356 e. The third kappa shape index (κ3) is 5.46. The largest absolute Gasteiger partial charge is 0.356 e. The van der Waals surface area contributed by atoms with Gasteiger partial charge in [0.05, 0.1) is 0 Å². The Kier molecular flexibility index (Phi) is 6.82. The van der Waals surface area contributed by atoms with Gasteiger partial charge < -0.3 is 15.2 Å². The Morgan fingerprint density at radius 2 is 2.12 bits per heavy atom. The molecule has 2 rings (SSSR count). The highest BCUT2D eigenvalue weighted by Crippen LogP contribution is 2.24. The van der Waals surface area contributed by atoms with E-state index in [4.69, 9.17) is 11.6 Å². The number of benzene rings is 1. The highest BCUT2D eigenvalue weighted by Gasteiger charge is 2.21. The number of nitrogens with zero attached hydrogens (tertiary/aromatic N) is 4. The first-order valence-corrected chi connectivity index (χ1v) is 8.91. The monoisotopic (exact) mass is 362 g/mol. The first kappa shape index (κ1) is 19.2. The Bertz CT molecular complexity index is 707. The van der Waals surface area contributed by atoms with Crippen LogP contribution in [0.25, 0.3) is 0 Å². The topological polar surface area (TPSA) is 67.1 Å². The molecule has 0 aliphatic heterocycles. The minimum atomic E-state index is -0.0633. The fourth-order valence-electron chi connectivity index (χ4n) is 2.57. The summed E-state index contributed by atoms with van der Waals surface area (Å²) in [5.41, 5.74) is 1.13. The highest BCUT2D eigenvalue weighted by atomic mass is 35.5. The number of aliphatic imine (C=N–C) groups is 1. The molecule has 2 aromatic rings. The number of hydrogen-bond acceptors (Lipinski definition) is 3. The molecule has 0 saturated heterocycles. The molecule has 136 valence electrons. The molecule has 0 saturated carbocycles. The van der Waals surface area contributed by atoms with Crippen molar-refractivity contribution in [2.45, 2.75) is 39.2 Å². The molecule has 1 heterocycles. The zero-order valence-electron chi connectivity index (χ0n) is 15.4. The Morgan fingerprint density at radius 3 is 2.80 bits per heavy atom. The lowest BCUT2D eigenvalue weighted by molar-refractivity contribution is 0.507. The summed E-state index contributed by atoms with van der Waals surface area (Å²) in [6.07, 6.45) is 2.64. The number of guanidine groups is 1.